The molecule has 0 saturated heterocycles. The summed E-state index contributed by atoms with van der Waals surface area (Å²) in [4.78, 5) is 37.4. The van der Waals surface area contributed by atoms with Crippen LogP contribution in [0.4, 0.5) is 9.93 Å². The van der Waals surface area contributed by atoms with E-state index in [0.717, 1.165) is 18.5 Å². The van der Waals surface area contributed by atoms with Gasteiger partial charge < -0.3 is 16.2 Å². The predicted molar refractivity (Wildman–Crippen MR) is 71.5 cm³/mol. The van der Waals surface area contributed by atoms with Gasteiger partial charge in [0.1, 0.15) is 6.04 Å². The molecule has 1 unspecified atom stereocenters. The van der Waals surface area contributed by atoms with Crippen molar-refractivity contribution >= 4 is 34.4 Å². The predicted octanol–water partition coefficient (Wildman–Crippen LogP) is 0.471. The number of hydrogen-bond donors (Lipinski definition) is 4. The number of thiazole rings is 1. The molecule has 1 fully saturated rings. The van der Waals surface area contributed by atoms with Crippen LogP contribution in [0.25, 0.3) is 0 Å². The zero-order valence-corrected chi connectivity index (χ0v) is 11.3. The minimum atomic E-state index is -1.35. The first-order chi connectivity index (χ1) is 9.45. The number of aromatic nitrogens is 1. The Labute approximate surface area is 118 Å². The summed E-state index contributed by atoms with van der Waals surface area (Å²) in [5.74, 6) is -1.65. The molecule has 108 valence electrons. The van der Waals surface area contributed by atoms with Gasteiger partial charge in [-0.1, -0.05) is 0 Å². The van der Waals surface area contributed by atoms with Crippen molar-refractivity contribution < 1.29 is 19.5 Å². The number of nitrogens with two attached hydrogens (primary N) is 1. The molecule has 1 aliphatic carbocycles. The highest BCUT2D eigenvalue weighted by Gasteiger charge is 2.27. The van der Waals surface area contributed by atoms with Crippen LogP contribution < -0.4 is 16.4 Å². The van der Waals surface area contributed by atoms with Gasteiger partial charge in [-0.05, 0) is 12.8 Å². The van der Waals surface area contributed by atoms with E-state index in [1.165, 1.54) is 11.3 Å². The fraction of sp³-hybridized carbons (Fsp3) is 0.455. The van der Waals surface area contributed by atoms with E-state index in [0.29, 0.717) is 11.0 Å². The lowest BCUT2D eigenvalue weighted by Crippen LogP contribution is -2.45. The zero-order chi connectivity index (χ0) is 14.7. The highest BCUT2D eigenvalue weighted by atomic mass is 32.1. The van der Waals surface area contributed by atoms with E-state index in [2.05, 4.69) is 15.6 Å². The fourth-order valence-corrected chi connectivity index (χ4v) is 2.39. The summed E-state index contributed by atoms with van der Waals surface area (Å²) in [5, 5.41) is 15.7. The summed E-state index contributed by atoms with van der Waals surface area (Å²) >= 11 is 1.27. The van der Waals surface area contributed by atoms with Crippen molar-refractivity contribution in [1.29, 1.82) is 0 Å². The average Bonchev–Trinajstić information content (AvgIpc) is 3.09. The van der Waals surface area contributed by atoms with Gasteiger partial charge in [-0.2, -0.15) is 0 Å². The monoisotopic (exact) mass is 298 g/mol. The summed E-state index contributed by atoms with van der Waals surface area (Å²) in [7, 11) is 0. The van der Waals surface area contributed by atoms with E-state index < -0.39 is 30.4 Å². The lowest BCUT2D eigenvalue weighted by atomic mass is 10.2. The molecule has 1 aromatic heterocycles. The Morgan fingerprint density at radius 2 is 2.20 bits per heavy atom. The molecule has 20 heavy (non-hydrogen) atoms. The SMILES string of the molecule is NC(=O)CC(NC(=O)Nc1nc(C2CC2)cs1)C(=O)O. The first kappa shape index (κ1) is 14.3. The quantitative estimate of drug-likeness (QED) is 0.605. The number of carboxylic acid groups (broad SMARTS) is 1. The number of carbonyl (C=O) groups is 3. The van der Waals surface area contributed by atoms with Crippen molar-refractivity contribution in [2.45, 2.75) is 31.2 Å². The van der Waals surface area contributed by atoms with E-state index in [9.17, 15) is 14.4 Å². The van der Waals surface area contributed by atoms with Crippen LogP contribution in [-0.4, -0.2) is 34.0 Å². The number of anilines is 1. The van der Waals surface area contributed by atoms with Crippen molar-refractivity contribution in [2.24, 2.45) is 5.73 Å². The van der Waals surface area contributed by atoms with Gasteiger partial charge in [0, 0.05) is 11.3 Å². The number of carbonyl (C=O) groups excluding carboxylic acids is 2. The molecule has 1 aliphatic rings. The zero-order valence-electron chi connectivity index (χ0n) is 10.5. The number of urea groups is 1. The molecule has 2 rings (SSSR count). The van der Waals surface area contributed by atoms with Crippen LogP contribution in [0.1, 0.15) is 30.9 Å². The molecule has 0 radical (unpaired) electrons. The Hall–Kier alpha value is -2.16. The van der Waals surface area contributed by atoms with Gasteiger partial charge in [-0.15, -0.1) is 11.3 Å². The van der Waals surface area contributed by atoms with E-state index in [1.54, 1.807) is 0 Å². The highest BCUT2D eigenvalue weighted by molar-refractivity contribution is 7.13. The molecule has 0 bridgehead atoms. The van der Waals surface area contributed by atoms with E-state index >= 15 is 0 Å². The molecule has 1 atom stereocenters. The molecule has 1 saturated carbocycles. The number of aliphatic carboxylic acids is 1. The van der Waals surface area contributed by atoms with Gasteiger partial charge >= 0.3 is 12.0 Å². The molecule has 1 heterocycles. The van der Waals surface area contributed by atoms with Gasteiger partial charge in [0.05, 0.1) is 12.1 Å². The topological polar surface area (TPSA) is 134 Å². The molecule has 0 aromatic carbocycles. The number of primary amides is 1. The summed E-state index contributed by atoms with van der Waals surface area (Å²) in [6.07, 6.45) is 1.75. The van der Waals surface area contributed by atoms with Crippen molar-refractivity contribution in [3.8, 4) is 0 Å². The van der Waals surface area contributed by atoms with Crippen LogP contribution in [0.5, 0.6) is 0 Å². The van der Waals surface area contributed by atoms with Gasteiger partial charge in [-0.3, -0.25) is 10.1 Å². The molecule has 9 heteroatoms. The normalized spacial score (nSPS) is 15.4. The maximum atomic E-state index is 11.6. The lowest BCUT2D eigenvalue weighted by Gasteiger charge is -2.12. The molecule has 0 aliphatic heterocycles. The second-order valence-corrected chi connectivity index (χ2v) is 5.37. The van der Waals surface area contributed by atoms with E-state index in [4.69, 9.17) is 10.8 Å². The standard InChI is InChI=1S/C11H14N4O4S/c12-8(16)3-6(9(17)18)13-10(19)15-11-14-7(4-20-11)5-1-2-5/h4-6H,1-3H2,(H2,12,16)(H,17,18)(H2,13,14,15,19). The lowest BCUT2D eigenvalue weighted by molar-refractivity contribution is -0.140. The van der Waals surface area contributed by atoms with Crippen LogP contribution in [-0.2, 0) is 9.59 Å². The first-order valence-corrected chi connectivity index (χ1v) is 6.87. The van der Waals surface area contributed by atoms with Crippen LogP contribution in [0.15, 0.2) is 5.38 Å². The summed E-state index contributed by atoms with van der Waals surface area (Å²) in [6, 6.07) is -2.08. The molecule has 1 aromatic rings. The van der Waals surface area contributed by atoms with Crippen LogP contribution >= 0.6 is 11.3 Å². The van der Waals surface area contributed by atoms with Crippen LogP contribution in [0.3, 0.4) is 0 Å². The maximum absolute atomic E-state index is 11.6. The molecule has 0 spiro atoms. The third-order valence-electron chi connectivity index (χ3n) is 2.75. The van der Waals surface area contributed by atoms with E-state index in [1.807, 2.05) is 5.38 Å². The van der Waals surface area contributed by atoms with Crippen molar-refractivity contribution in [3.63, 3.8) is 0 Å². The van der Waals surface area contributed by atoms with Crippen LogP contribution in [0, 0.1) is 0 Å². The van der Waals surface area contributed by atoms with Crippen LogP contribution in [0.2, 0.25) is 0 Å². The summed E-state index contributed by atoms with van der Waals surface area (Å²) in [6.45, 7) is 0. The number of amides is 3. The van der Waals surface area contributed by atoms with Gasteiger partial charge in [-0.25, -0.2) is 14.6 Å². The van der Waals surface area contributed by atoms with Crippen molar-refractivity contribution in [2.75, 3.05) is 5.32 Å². The minimum Gasteiger partial charge on any atom is -0.480 e. The second-order valence-electron chi connectivity index (χ2n) is 4.51. The fourth-order valence-electron chi connectivity index (χ4n) is 1.60. The Kier molecular flexibility index (Phi) is 4.18. The smallest absolute Gasteiger partial charge is 0.326 e. The minimum absolute atomic E-state index is 0.396. The number of nitrogens with one attached hydrogen (secondary N) is 2. The highest BCUT2D eigenvalue weighted by Crippen LogP contribution is 2.40. The summed E-state index contributed by atoms with van der Waals surface area (Å²) < 4.78 is 0. The first-order valence-electron chi connectivity index (χ1n) is 5.99. The van der Waals surface area contributed by atoms with Crippen molar-refractivity contribution in [3.05, 3.63) is 11.1 Å². The molecular weight excluding hydrogens is 284 g/mol. The number of nitrogens with zero attached hydrogens (tertiary/aromatic N) is 1. The third-order valence-corrected chi connectivity index (χ3v) is 3.52. The molecule has 5 N–H and O–H groups in total. The van der Waals surface area contributed by atoms with Gasteiger partial charge in [0.2, 0.25) is 5.91 Å². The largest absolute Gasteiger partial charge is 0.480 e. The average molecular weight is 298 g/mol. The molecular formula is C11H14N4O4S. The molecule has 3 amide bonds. The van der Waals surface area contributed by atoms with Gasteiger partial charge in [0.25, 0.3) is 0 Å². The Bertz CT molecular complexity index is 540. The maximum Gasteiger partial charge on any atom is 0.326 e. The molecule has 8 nitrogen and oxygen atoms in total. The van der Waals surface area contributed by atoms with E-state index in [-0.39, 0.29) is 0 Å². The number of rotatable bonds is 6. The number of hydrogen-bond acceptors (Lipinski definition) is 5. The Balaban J connectivity index is 1.89. The van der Waals surface area contributed by atoms with Crippen molar-refractivity contribution in [1.82, 2.24) is 10.3 Å². The Morgan fingerprint density at radius 1 is 1.50 bits per heavy atom. The Morgan fingerprint density at radius 3 is 2.75 bits per heavy atom. The summed E-state index contributed by atoms with van der Waals surface area (Å²) in [5.41, 5.74) is 5.86. The number of carboxylic acids is 1. The third kappa shape index (κ3) is 3.92. The second kappa shape index (κ2) is 5.87. The van der Waals surface area contributed by atoms with Gasteiger partial charge in [0.15, 0.2) is 5.13 Å².